The van der Waals surface area contributed by atoms with Crippen LogP contribution in [0.2, 0.25) is 0 Å². The molecule has 0 atom stereocenters. The molecule has 0 amide bonds. The Balaban J connectivity index is 0.00000180. The number of hydrogen-bond donors (Lipinski definition) is 1. The minimum absolute atomic E-state index is 0. The maximum atomic E-state index is 5.58. The van der Waals surface area contributed by atoms with Crippen molar-refractivity contribution in [1.82, 2.24) is 15.3 Å². The van der Waals surface area contributed by atoms with Gasteiger partial charge in [-0.2, -0.15) is 0 Å². The van der Waals surface area contributed by atoms with Gasteiger partial charge in [-0.15, -0.1) is 12.4 Å². The molecule has 0 saturated heterocycles. The van der Waals surface area contributed by atoms with Gasteiger partial charge in [-0.25, -0.2) is 9.97 Å². The molecule has 2 aromatic rings. The number of aromatic nitrogens is 2. The fourth-order valence-corrected chi connectivity index (χ4v) is 1.48. The standard InChI is InChI=1S/C14H17N3O.ClH/c1-11(2)17-10-12-5-3-6-13(9-12)18-14-15-7-4-8-16-14;/h3-9,11,17H,10H2,1-2H3;1H. The van der Waals surface area contributed by atoms with Gasteiger partial charge in [-0.3, -0.25) is 0 Å². The molecule has 0 saturated carbocycles. The summed E-state index contributed by atoms with van der Waals surface area (Å²) < 4.78 is 5.58. The predicted octanol–water partition coefficient (Wildman–Crippen LogP) is 3.19. The van der Waals surface area contributed by atoms with E-state index in [4.69, 9.17) is 4.74 Å². The minimum atomic E-state index is 0. The molecular weight excluding hydrogens is 262 g/mol. The maximum Gasteiger partial charge on any atom is 0.321 e. The van der Waals surface area contributed by atoms with E-state index < -0.39 is 0 Å². The summed E-state index contributed by atoms with van der Waals surface area (Å²) in [7, 11) is 0. The van der Waals surface area contributed by atoms with Crippen LogP contribution < -0.4 is 10.1 Å². The summed E-state index contributed by atoms with van der Waals surface area (Å²) in [6.07, 6.45) is 3.32. The van der Waals surface area contributed by atoms with Crippen LogP contribution >= 0.6 is 12.4 Å². The summed E-state index contributed by atoms with van der Waals surface area (Å²) >= 11 is 0. The second kappa shape index (κ2) is 7.71. The van der Waals surface area contributed by atoms with Crippen LogP contribution in [0.5, 0.6) is 11.8 Å². The molecule has 1 aromatic heterocycles. The molecule has 0 spiro atoms. The zero-order valence-electron chi connectivity index (χ0n) is 11.0. The molecule has 2 rings (SSSR count). The van der Waals surface area contributed by atoms with Crippen LogP contribution in [0.15, 0.2) is 42.7 Å². The van der Waals surface area contributed by atoms with E-state index in [0.29, 0.717) is 12.1 Å². The van der Waals surface area contributed by atoms with Gasteiger partial charge in [0.05, 0.1) is 0 Å². The molecule has 0 aliphatic rings. The van der Waals surface area contributed by atoms with E-state index >= 15 is 0 Å². The molecule has 4 nitrogen and oxygen atoms in total. The molecule has 102 valence electrons. The zero-order chi connectivity index (χ0) is 12.8. The van der Waals surface area contributed by atoms with Crippen LogP contribution in [0, 0.1) is 0 Å². The van der Waals surface area contributed by atoms with Crippen molar-refractivity contribution in [1.29, 1.82) is 0 Å². The van der Waals surface area contributed by atoms with Gasteiger partial charge in [-0.05, 0) is 23.8 Å². The summed E-state index contributed by atoms with van der Waals surface area (Å²) in [5, 5.41) is 3.37. The number of rotatable bonds is 5. The first-order valence-electron chi connectivity index (χ1n) is 6.01. The van der Waals surface area contributed by atoms with E-state index in [1.54, 1.807) is 18.5 Å². The van der Waals surface area contributed by atoms with E-state index in [1.807, 2.05) is 18.2 Å². The molecule has 0 bridgehead atoms. The SMILES string of the molecule is CC(C)NCc1cccc(Oc2ncccn2)c1.Cl. The molecule has 0 aliphatic heterocycles. The Morgan fingerprint density at radius 3 is 2.58 bits per heavy atom. The average molecular weight is 280 g/mol. The first kappa shape index (κ1) is 15.4. The first-order valence-corrected chi connectivity index (χ1v) is 6.01. The van der Waals surface area contributed by atoms with Crippen LogP contribution in [0.1, 0.15) is 19.4 Å². The Morgan fingerprint density at radius 1 is 1.16 bits per heavy atom. The lowest BCUT2D eigenvalue weighted by molar-refractivity contribution is 0.440. The van der Waals surface area contributed by atoms with Crippen molar-refractivity contribution >= 4 is 12.4 Å². The van der Waals surface area contributed by atoms with Gasteiger partial charge in [-0.1, -0.05) is 26.0 Å². The number of ether oxygens (including phenoxy) is 1. The molecule has 0 fully saturated rings. The van der Waals surface area contributed by atoms with Crippen molar-refractivity contribution in [2.75, 3.05) is 0 Å². The number of nitrogens with zero attached hydrogens (tertiary/aromatic N) is 2. The highest BCUT2D eigenvalue weighted by molar-refractivity contribution is 5.85. The Labute approximate surface area is 119 Å². The topological polar surface area (TPSA) is 47.0 Å². The Bertz CT molecular complexity index is 491. The lowest BCUT2D eigenvalue weighted by atomic mass is 10.2. The van der Waals surface area contributed by atoms with E-state index in [2.05, 4.69) is 35.2 Å². The van der Waals surface area contributed by atoms with Crippen LogP contribution in [-0.4, -0.2) is 16.0 Å². The van der Waals surface area contributed by atoms with E-state index in [9.17, 15) is 0 Å². The quantitative estimate of drug-likeness (QED) is 0.913. The highest BCUT2D eigenvalue weighted by Gasteiger charge is 2.01. The molecule has 1 aromatic carbocycles. The third-order valence-corrected chi connectivity index (χ3v) is 2.36. The van der Waals surface area contributed by atoms with Gasteiger partial charge in [0.25, 0.3) is 0 Å². The number of hydrogen-bond acceptors (Lipinski definition) is 4. The number of benzene rings is 1. The third kappa shape index (κ3) is 5.24. The highest BCUT2D eigenvalue weighted by atomic mass is 35.5. The van der Waals surface area contributed by atoms with E-state index in [1.165, 1.54) is 5.56 Å². The summed E-state index contributed by atoms with van der Waals surface area (Å²) in [5.74, 6) is 0.754. The van der Waals surface area contributed by atoms with E-state index in [0.717, 1.165) is 12.3 Å². The van der Waals surface area contributed by atoms with Gasteiger partial charge < -0.3 is 10.1 Å². The van der Waals surface area contributed by atoms with Crippen molar-refractivity contribution < 1.29 is 4.74 Å². The molecule has 1 heterocycles. The van der Waals surface area contributed by atoms with Crippen molar-refractivity contribution in [3.05, 3.63) is 48.3 Å². The van der Waals surface area contributed by atoms with Crippen LogP contribution in [-0.2, 0) is 6.54 Å². The second-order valence-electron chi connectivity index (χ2n) is 4.32. The molecule has 5 heteroatoms. The fraction of sp³-hybridized carbons (Fsp3) is 0.286. The number of nitrogens with one attached hydrogen (secondary N) is 1. The van der Waals surface area contributed by atoms with Gasteiger partial charge in [0.2, 0.25) is 0 Å². The van der Waals surface area contributed by atoms with Gasteiger partial charge >= 0.3 is 6.01 Å². The Hall–Kier alpha value is -1.65. The van der Waals surface area contributed by atoms with Crippen molar-refractivity contribution in [2.24, 2.45) is 0 Å². The Morgan fingerprint density at radius 2 is 1.89 bits per heavy atom. The summed E-state index contributed by atoms with van der Waals surface area (Å²) in [5.41, 5.74) is 1.18. The molecular formula is C14H18ClN3O. The van der Waals surface area contributed by atoms with Crippen molar-refractivity contribution in [2.45, 2.75) is 26.4 Å². The highest BCUT2D eigenvalue weighted by Crippen LogP contribution is 2.18. The second-order valence-corrected chi connectivity index (χ2v) is 4.32. The van der Waals surface area contributed by atoms with Crippen LogP contribution in [0.3, 0.4) is 0 Å². The molecule has 0 radical (unpaired) electrons. The van der Waals surface area contributed by atoms with Gasteiger partial charge in [0.15, 0.2) is 0 Å². The fourth-order valence-electron chi connectivity index (χ4n) is 1.48. The molecule has 0 aliphatic carbocycles. The zero-order valence-corrected chi connectivity index (χ0v) is 11.9. The normalized spacial score (nSPS) is 10.1. The minimum Gasteiger partial charge on any atom is -0.424 e. The largest absolute Gasteiger partial charge is 0.424 e. The molecule has 1 N–H and O–H groups in total. The van der Waals surface area contributed by atoms with E-state index in [-0.39, 0.29) is 12.4 Å². The maximum absolute atomic E-state index is 5.58. The van der Waals surface area contributed by atoms with Crippen molar-refractivity contribution in [3.63, 3.8) is 0 Å². The lowest BCUT2D eigenvalue weighted by Crippen LogP contribution is -2.21. The monoisotopic (exact) mass is 279 g/mol. The summed E-state index contributed by atoms with van der Waals surface area (Å²) in [6, 6.07) is 10.5. The first-order chi connectivity index (χ1) is 8.74. The smallest absolute Gasteiger partial charge is 0.321 e. The van der Waals surface area contributed by atoms with Crippen molar-refractivity contribution in [3.8, 4) is 11.8 Å². The lowest BCUT2D eigenvalue weighted by Gasteiger charge is -2.09. The average Bonchev–Trinajstić information content (AvgIpc) is 2.38. The van der Waals surface area contributed by atoms with Crippen LogP contribution in [0.4, 0.5) is 0 Å². The summed E-state index contributed by atoms with van der Waals surface area (Å²) in [4.78, 5) is 8.06. The number of halogens is 1. The molecule has 19 heavy (non-hydrogen) atoms. The van der Waals surface area contributed by atoms with Crippen LogP contribution in [0.25, 0.3) is 0 Å². The Kier molecular flexibility index (Phi) is 6.25. The van der Waals surface area contributed by atoms with Gasteiger partial charge in [0.1, 0.15) is 5.75 Å². The van der Waals surface area contributed by atoms with Gasteiger partial charge in [0, 0.05) is 25.0 Å². The third-order valence-electron chi connectivity index (χ3n) is 2.36. The summed E-state index contributed by atoms with van der Waals surface area (Å²) in [6.45, 7) is 5.07. The predicted molar refractivity (Wildman–Crippen MR) is 77.8 cm³/mol. The molecule has 0 unspecified atom stereocenters.